The molecule has 252 valence electrons. The number of aliphatic hydroxyl groups is 2. The molecule has 10 heteroatoms. The van der Waals surface area contributed by atoms with Gasteiger partial charge >= 0.3 is 0 Å². The lowest BCUT2D eigenvalue weighted by atomic mass is 9.84. The lowest BCUT2D eigenvalue weighted by Gasteiger charge is -2.38. The Balaban J connectivity index is 1.27. The number of halogens is 1. The van der Waals surface area contributed by atoms with Crippen LogP contribution in [0.2, 0.25) is 5.02 Å². The van der Waals surface area contributed by atoms with E-state index in [1.165, 1.54) is 0 Å². The lowest BCUT2D eigenvalue weighted by molar-refractivity contribution is -0.134. The van der Waals surface area contributed by atoms with Gasteiger partial charge in [-0.1, -0.05) is 49.7 Å². The molecule has 0 unspecified atom stereocenters. The minimum absolute atomic E-state index is 0.0948. The number of carbonyl (C=O) groups excluding carboxylic acids is 1. The molecule has 2 N–H and O–H groups in total. The van der Waals surface area contributed by atoms with Crippen molar-refractivity contribution in [2.75, 3.05) is 65.6 Å². The number of amides is 1. The maximum atomic E-state index is 13.1. The minimum atomic E-state index is -0.833. The molecule has 2 aromatic carbocycles. The van der Waals surface area contributed by atoms with Gasteiger partial charge in [0.25, 0.3) is 5.91 Å². The van der Waals surface area contributed by atoms with Gasteiger partial charge in [-0.25, -0.2) is 0 Å². The summed E-state index contributed by atoms with van der Waals surface area (Å²) in [6, 6.07) is 17.2. The zero-order valence-electron chi connectivity index (χ0n) is 27.5. The fourth-order valence-corrected chi connectivity index (χ4v) is 6.48. The summed E-state index contributed by atoms with van der Waals surface area (Å²) in [4.78, 5) is 24.0. The van der Waals surface area contributed by atoms with E-state index >= 15 is 0 Å². The fourth-order valence-electron chi connectivity index (χ4n) is 6.35. The van der Waals surface area contributed by atoms with Crippen LogP contribution in [0, 0.1) is 0 Å². The lowest BCUT2D eigenvalue weighted by Crippen LogP contribution is -2.42. The molecule has 1 saturated heterocycles. The highest BCUT2D eigenvalue weighted by Gasteiger charge is 2.33. The standard InChI is InChI=1S/C37H47ClN4O5/c1-3-40(4-2)21-22-42(23-24-43)36(44)27-46-30-13-14-35-33(25-30)31(32-7-5-17-39-34(32)26-47-35)8-6-18-41-19-15-37(45,16-20-41)28-9-11-29(38)12-10-28/h5,7-14,17,25,43,45H,3-4,6,15-16,18-24,26-27H2,1-2H3. The second-order valence-corrected chi connectivity index (χ2v) is 12.6. The molecule has 0 radical (unpaired) electrons. The van der Waals surface area contributed by atoms with Crippen molar-refractivity contribution in [2.24, 2.45) is 0 Å². The molecule has 5 rings (SSSR count). The number of pyridine rings is 1. The van der Waals surface area contributed by atoms with Gasteiger partial charge in [0.2, 0.25) is 0 Å². The molecule has 9 nitrogen and oxygen atoms in total. The Labute approximate surface area is 283 Å². The molecule has 3 aromatic rings. The second-order valence-electron chi connectivity index (χ2n) is 12.2. The third-order valence-electron chi connectivity index (χ3n) is 9.31. The number of carbonyl (C=O) groups is 1. The highest BCUT2D eigenvalue weighted by molar-refractivity contribution is 6.30. The van der Waals surface area contributed by atoms with Gasteiger partial charge in [0.1, 0.15) is 18.1 Å². The Morgan fingerprint density at radius 1 is 1.06 bits per heavy atom. The van der Waals surface area contributed by atoms with Crippen LogP contribution >= 0.6 is 11.6 Å². The van der Waals surface area contributed by atoms with E-state index in [9.17, 15) is 15.0 Å². The number of hydrogen-bond donors (Lipinski definition) is 2. The third-order valence-corrected chi connectivity index (χ3v) is 9.56. The average Bonchev–Trinajstić information content (AvgIpc) is 3.25. The number of nitrogens with zero attached hydrogens (tertiary/aromatic N) is 4. The summed E-state index contributed by atoms with van der Waals surface area (Å²) in [6.07, 6.45) is 6.15. The quantitative estimate of drug-likeness (QED) is 0.250. The minimum Gasteiger partial charge on any atom is -0.487 e. The first-order valence-electron chi connectivity index (χ1n) is 16.7. The zero-order chi connectivity index (χ0) is 33.2. The maximum Gasteiger partial charge on any atom is 0.260 e. The van der Waals surface area contributed by atoms with Gasteiger partial charge < -0.3 is 34.4 Å². The fraction of sp³-hybridized carbons (Fsp3) is 0.459. The molecule has 1 fully saturated rings. The van der Waals surface area contributed by atoms with E-state index in [1.807, 2.05) is 48.5 Å². The van der Waals surface area contributed by atoms with Crippen molar-refractivity contribution in [3.8, 4) is 11.5 Å². The molecule has 0 bridgehead atoms. The van der Waals surface area contributed by atoms with Crippen LogP contribution in [0.25, 0.3) is 5.57 Å². The Morgan fingerprint density at radius 2 is 1.83 bits per heavy atom. The Hall–Kier alpha value is -3.47. The molecule has 0 aliphatic carbocycles. The summed E-state index contributed by atoms with van der Waals surface area (Å²) in [5, 5.41) is 21.5. The SMILES string of the molecule is CCN(CC)CCN(CCO)C(=O)COc1ccc2c(c1)C(=CCCN1CCC(O)(c3ccc(Cl)cc3)CC1)c1cccnc1CO2. The summed E-state index contributed by atoms with van der Waals surface area (Å²) < 4.78 is 12.2. The molecular weight excluding hydrogens is 616 g/mol. The number of rotatable bonds is 14. The van der Waals surface area contributed by atoms with Gasteiger partial charge in [0.15, 0.2) is 6.61 Å². The van der Waals surface area contributed by atoms with Crippen molar-refractivity contribution in [2.45, 2.75) is 45.3 Å². The van der Waals surface area contributed by atoms with E-state index in [0.717, 1.165) is 79.4 Å². The van der Waals surface area contributed by atoms with E-state index in [1.54, 1.807) is 11.1 Å². The number of piperidine rings is 1. The van der Waals surface area contributed by atoms with Crippen LogP contribution in [-0.4, -0.2) is 101 Å². The van der Waals surface area contributed by atoms with Gasteiger partial charge in [-0.05, 0) is 79.9 Å². The third kappa shape index (κ3) is 8.91. The maximum absolute atomic E-state index is 13.1. The number of ether oxygens (including phenoxy) is 2. The predicted octanol–water partition coefficient (Wildman–Crippen LogP) is 4.97. The van der Waals surface area contributed by atoms with Crippen molar-refractivity contribution in [1.29, 1.82) is 0 Å². The molecule has 3 heterocycles. The number of fused-ring (bicyclic) bond motifs is 2. The number of aromatic nitrogens is 1. The highest BCUT2D eigenvalue weighted by Crippen LogP contribution is 2.39. The summed E-state index contributed by atoms with van der Waals surface area (Å²) in [6.45, 7) is 10.2. The normalized spacial score (nSPS) is 16.7. The molecule has 2 aliphatic rings. The molecule has 0 atom stereocenters. The molecule has 0 spiro atoms. The molecular formula is C37H47ClN4O5. The second kappa shape index (κ2) is 16.6. The topological polar surface area (TPSA) is 98.6 Å². The van der Waals surface area contributed by atoms with Crippen LogP contribution in [0.15, 0.2) is 66.9 Å². The zero-order valence-corrected chi connectivity index (χ0v) is 28.3. The van der Waals surface area contributed by atoms with Crippen LogP contribution in [0.5, 0.6) is 11.5 Å². The summed E-state index contributed by atoms with van der Waals surface area (Å²) in [7, 11) is 0. The smallest absolute Gasteiger partial charge is 0.260 e. The number of likely N-dealkylation sites (tertiary alicyclic amines) is 1. The van der Waals surface area contributed by atoms with Gasteiger partial charge in [0, 0.05) is 61.6 Å². The molecule has 47 heavy (non-hydrogen) atoms. The van der Waals surface area contributed by atoms with Crippen LogP contribution in [0.4, 0.5) is 0 Å². The Morgan fingerprint density at radius 3 is 2.55 bits per heavy atom. The highest BCUT2D eigenvalue weighted by atomic mass is 35.5. The summed E-state index contributed by atoms with van der Waals surface area (Å²) >= 11 is 6.06. The Bertz CT molecular complexity index is 1500. The van der Waals surface area contributed by atoms with Crippen molar-refractivity contribution in [3.63, 3.8) is 0 Å². The van der Waals surface area contributed by atoms with Crippen LogP contribution in [-0.2, 0) is 17.0 Å². The van der Waals surface area contributed by atoms with E-state index < -0.39 is 5.60 Å². The van der Waals surface area contributed by atoms with Crippen LogP contribution < -0.4 is 9.47 Å². The number of aliphatic hydroxyl groups excluding tert-OH is 1. The van der Waals surface area contributed by atoms with E-state index in [4.69, 9.17) is 21.1 Å². The van der Waals surface area contributed by atoms with Crippen LogP contribution in [0.1, 0.15) is 55.5 Å². The van der Waals surface area contributed by atoms with Crippen LogP contribution in [0.3, 0.4) is 0 Å². The first kappa shape index (κ1) is 34.9. The first-order valence-corrected chi connectivity index (χ1v) is 17.1. The van der Waals surface area contributed by atoms with Crippen molar-refractivity contribution < 1.29 is 24.5 Å². The number of benzene rings is 2. The first-order chi connectivity index (χ1) is 22.8. The molecule has 0 saturated carbocycles. The van der Waals surface area contributed by atoms with E-state index in [2.05, 4.69) is 40.8 Å². The Kier molecular flexibility index (Phi) is 12.3. The largest absolute Gasteiger partial charge is 0.487 e. The van der Waals surface area contributed by atoms with Gasteiger partial charge in [0.05, 0.1) is 17.9 Å². The molecule has 2 aliphatic heterocycles. The van der Waals surface area contributed by atoms with E-state index in [0.29, 0.717) is 36.8 Å². The van der Waals surface area contributed by atoms with Crippen molar-refractivity contribution in [1.82, 2.24) is 19.7 Å². The summed E-state index contributed by atoms with van der Waals surface area (Å²) in [5.41, 5.74) is 3.88. The van der Waals surface area contributed by atoms with Gasteiger partial charge in [-0.2, -0.15) is 0 Å². The molecule has 1 amide bonds. The number of hydrogen-bond acceptors (Lipinski definition) is 8. The van der Waals surface area contributed by atoms with Gasteiger partial charge in [-0.15, -0.1) is 0 Å². The van der Waals surface area contributed by atoms with E-state index in [-0.39, 0.29) is 25.7 Å². The van der Waals surface area contributed by atoms with Gasteiger partial charge in [-0.3, -0.25) is 9.78 Å². The molecule has 1 aromatic heterocycles. The predicted molar refractivity (Wildman–Crippen MR) is 185 cm³/mol. The summed E-state index contributed by atoms with van der Waals surface area (Å²) in [5.74, 6) is 1.15. The number of likely N-dealkylation sites (N-methyl/N-ethyl adjacent to an activating group) is 1. The average molecular weight is 663 g/mol. The monoisotopic (exact) mass is 662 g/mol. The van der Waals surface area contributed by atoms with Crippen molar-refractivity contribution >= 4 is 23.1 Å². The van der Waals surface area contributed by atoms with Crippen molar-refractivity contribution in [3.05, 3.63) is 94.3 Å².